The Morgan fingerprint density at radius 2 is 2.15 bits per heavy atom. The Hall–Kier alpha value is -1.68. The lowest BCUT2D eigenvalue weighted by molar-refractivity contribution is 0.213. The quantitative estimate of drug-likeness (QED) is 0.857. The summed E-state index contributed by atoms with van der Waals surface area (Å²) in [5.74, 6) is 1.77. The van der Waals surface area contributed by atoms with Gasteiger partial charge in [0.2, 0.25) is 0 Å². The summed E-state index contributed by atoms with van der Waals surface area (Å²) in [6.45, 7) is 3.48. The van der Waals surface area contributed by atoms with E-state index in [1.165, 1.54) is 25.9 Å². The Labute approximate surface area is 120 Å². The zero-order valence-corrected chi connectivity index (χ0v) is 12.3. The molecule has 1 atom stereocenters. The molecule has 0 spiro atoms. The molecule has 1 saturated heterocycles. The Morgan fingerprint density at radius 3 is 3.00 bits per heavy atom. The maximum atomic E-state index is 4.49. The number of rotatable bonds is 3. The molecular weight excluding hydrogens is 248 g/mol. The highest BCUT2D eigenvalue weighted by Gasteiger charge is 2.20. The highest BCUT2D eigenvalue weighted by atomic mass is 15.2. The van der Waals surface area contributed by atoms with Gasteiger partial charge in [0.05, 0.1) is 5.52 Å². The van der Waals surface area contributed by atoms with Crippen molar-refractivity contribution in [1.29, 1.82) is 0 Å². The number of fused-ring (bicyclic) bond motifs is 1. The highest BCUT2D eigenvalue weighted by Crippen LogP contribution is 2.24. The molecule has 4 nitrogen and oxygen atoms in total. The van der Waals surface area contributed by atoms with E-state index in [1.54, 1.807) is 6.33 Å². The first-order valence-electron chi connectivity index (χ1n) is 7.33. The number of benzene rings is 1. The van der Waals surface area contributed by atoms with Crippen LogP contribution in [0.25, 0.3) is 10.9 Å². The van der Waals surface area contributed by atoms with Crippen LogP contribution in [0.15, 0.2) is 30.6 Å². The molecule has 4 heteroatoms. The van der Waals surface area contributed by atoms with Crippen LogP contribution in [0.4, 0.5) is 5.82 Å². The maximum Gasteiger partial charge on any atom is 0.139 e. The fourth-order valence-corrected chi connectivity index (χ4v) is 3.19. The monoisotopic (exact) mass is 270 g/mol. The summed E-state index contributed by atoms with van der Waals surface area (Å²) in [5, 5.41) is 1.14. The van der Waals surface area contributed by atoms with Crippen LogP contribution in [0.3, 0.4) is 0 Å². The predicted molar refractivity (Wildman–Crippen MR) is 83.0 cm³/mol. The van der Waals surface area contributed by atoms with E-state index in [4.69, 9.17) is 0 Å². The smallest absolute Gasteiger partial charge is 0.139 e. The molecule has 1 unspecified atom stereocenters. The lowest BCUT2D eigenvalue weighted by Gasteiger charge is -2.33. The van der Waals surface area contributed by atoms with E-state index < -0.39 is 0 Å². The summed E-state index contributed by atoms with van der Waals surface area (Å²) >= 11 is 0. The van der Waals surface area contributed by atoms with E-state index in [0.717, 1.165) is 29.2 Å². The van der Waals surface area contributed by atoms with Crippen LogP contribution in [-0.2, 0) is 0 Å². The molecule has 2 aromatic rings. The summed E-state index contributed by atoms with van der Waals surface area (Å²) in [6, 6.07) is 8.23. The lowest BCUT2D eigenvalue weighted by atomic mass is 9.98. The molecule has 0 bridgehead atoms. The Bertz CT molecular complexity index is 578. The standard InChI is InChI=1S/C16H22N4/c1-19-9-5-6-13(10-19)11-20(2)16-14-7-3-4-8-15(14)17-12-18-16/h3-4,7-8,12-13H,5-6,9-11H2,1-2H3. The first kappa shape index (κ1) is 13.3. The van der Waals surface area contributed by atoms with Gasteiger partial charge in [-0.2, -0.15) is 0 Å². The molecule has 20 heavy (non-hydrogen) atoms. The molecular formula is C16H22N4. The first-order chi connectivity index (χ1) is 9.74. The number of aromatic nitrogens is 2. The molecule has 1 aliphatic heterocycles. The number of para-hydroxylation sites is 1. The zero-order chi connectivity index (χ0) is 13.9. The highest BCUT2D eigenvalue weighted by molar-refractivity contribution is 5.89. The number of hydrogen-bond acceptors (Lipinski definition) is 4. The fraction of sp³-hybridized carbons (Fsp3) is 0.500. The average molecular weight is 270 g/mol. The minimum absolute atomic E-state index is 0.729. The number of hydrogen-bond donors (Lipinski definition) is 0. The number of likely N-dealkylation sites (tertiary alicyclic amines) is 1. The fourth-order valence-electron chi connectivity index (χ4n) is 3.19. The molecule has 1 aromatic heterocycles. The van der Waals surface area contributed by atoms with E-state index in [-0.39, 0.29) is 0 Å². The molecule has 0 radical (unpaired) electrons. The largest absolute Gasteiger partial charge is 0.359 e. The molecule has 0 amide bonds. The van der Waals surface area contributed by atoms with Crippen molar-refractivity contribution in [2.45, 2.75) is 12.8 Å². The van der Waals surface area contributed by atoms with Crippen LogP contribution in [0.2, 0.25) is 0 Å². The van der Waals surface area contributed by atoms with Gasteiger partial charge in [0.1, 0.15) is 12.1 Å². The first-order valence-corrected chi connectivity index (χ1v) is 7.33. The van der Waals surface area contributed by atoms with Crippen molar-refractivity contribution in [3.8, 4) is 0 Å². The molecule has 0 aliphatic carbocycles. The van der Waals surface area contributed by atoms with Crippen molar-refractivity contribution in [2.75, 3.05) is 38.6 Å². The Balaban J connectivity index is 1.80. The molecule has 1 fully saturated rings. The van der Waals surface area contributed by atoms with Crippen molar-refractivity contribution in [3.63, 3.8) is 0 Å². The van der Waals surface area contributed by atoms with Crippen LogP contribution in [0, 0.1) is 5.92 Å². The van der Waals surface area contributed by atoms with Gasteiger partial charge in [-0.3, -0.25) is 0 Å². The Morgan fingerprint density at radius 1 is 1.30 bits per heavy atom. The summed E-state index contributed by atoms with van der Waals surface area (Å²) in [7, 11) is 4.36. The van der Waals surface area contributed by atoms with Crippen molar-refractivity contribution >= 4 is 16.7 Å². The van der Waals surface area contributed by atoms with Crippen LogP contribution < -0.4 is 4.90 Å². The van der Waals surface area contributed by atoms with Gasteiger partial charge in [-0.1, -0.05) is 12.1 Å². The van der Waals surface area contributed by atoms with Crippen molar-refractivity contribution in [3.05, 3.63) is 30.6 Å². The minimum atomic E-state index is 0.729. The molecule has 3 rings (SSSR count). The van der Waals surface area contributed by atoms with Crippen molar-refractivity contribution < 1.29 is 0 Å². The number of anilines is 1. The lowest BCUT2D eigenvalue weighted by Crippen LogP contribution is -2.38. The van der Waals surface area contributed by atoms with Crippen LogP contribution in [-0.4, -0.2) is 48.6 Å². The third-order valence-corrected chi connectivity index (χ3v) is 4.14. The molecule has 0 saturated carbocycles. The van der Waals surface area contributed by atoms with E-state index in [2.05, 4.69) is 46.0 Å². The molecule has 0 N–H and O–H groups in total. The minimum Gasteiger partial charge on any atom is -0.359 e. The van der Waals surface area contributed by atoms with Crippen LogP contribution in [0.5, 0.6) is 0 Å². The third kappa shape index (κ3) is 2.75. The molecule has 106 valence electrons. The zero-order valence-electron chi connectivity index (χ0n) is 12.3. The predicted octanol–water partition coefficient (Wildman–Crippen LogP) is 2.41. The third-order valence-electron chi connectivity index (χ3n) is 4.14. The van der Waals surface area contributed by atoms with Gasteiger partial charge in [0, 0.05) is 25.5 Å². The second-order valence-electron chi connectivity index (χ2n) is 5.87. The van der Waals surface area contributed by atoms with Gasteiger partial charge in [0.15, 0.2) is 0 Å². The van der Waals surface area contributed by atoms with E-state index in [9.17, 15) is 0 Å². The summed E-state index contributed by atoms with van der Waals surface area (Å²) in [5.41, 5.74) is 1.02. The topological polar surface area (TPSA) is 32.3 Å². The van der Waals surface area contributed by atoms with Crippen molar-refractivity contribution in [1.82, 2.24) is 14.9 Å². The van der Waals surface area contributed by atoms with E-state index in [1.807, 2.05) is 12.1 Å². The second-order valence-corrected chi connectivity index (χ2v) is 5.87. The summed E-state index contributed by atoms with van der Waals surface area (Å²) in [4.78, 5) is 13.5. The van der Waals surface area contributed by atoms with Gasteiger partial charge >= 0.3 is 0 Å². The van der Waals surface area contributed by atoms with Crippen LogP contribution >= 0.6 is 0 Å². The summed E-state index contributed by atoms with van der Waals surface area (Å²) < 4.78 is 0. The SMILES string of the molecule is CN1CCCC(CN(C)c2ncnc3ccccc23)C1. The molecule has 1 aliphatic rings. The molecule has 2 heterocycles. The van der Waals surface area contributed by atoms with E-state index in [0.29, 0.717) is 0 Å². The maximum absolute atomic E-state index is 4.49. The normalized spacial score (nSPS) is 20.2. The van der Waals surface area contributed by atoms with Gasteiger partial charge in [-0.05, 0) is 44.5 Å². The van der Waals surface area contributed by atoms with Gasteiger partial charge in [-0.25, -0.2) is 9.97 Å². The molecule has 1 aromatic carbocycles. The number of piperidine rings is 1. The average Bonchev–Trinajstić information content (AvgIpc) is 2.46. The van der Waals surface area contributed by atoms with E-state index >= 15 is 0 Å². The van der Waals surface area contributed by atoms with Gasteiger partial charge < -0.3 is 9.80 Å². The van der Waals surface area contributed by atoms with Gasteiger partial charge in [-0.15, -0.1) is 0 Å². The Kier molecular flexibility index (Phi) is 3.83. The van der Waals surface area contributed by atoms with Gasteiger partial charge in [0.25, 0.3) is 0 Å². The number of nitrogens with zero attached hydrogens (tertiary/aromatic N) is 4. The van der Waals surface area contributed by atoms with Crippen molar-refractivity contribution in [2.24, 2.45) is 5.92 Å². The van der Waals surface area contributed by atoms with Crippen LogP contribution in [0.1, 0.15) is 12.8 Å². The summed E-state index contributed by atoms with van der Waals surface area (Å²) in [6.07, 6.45) is 4.29. The second kappa shape index (κ2) is 5.75.